The van der Waals surface area contributed by atoms with Crippen LogP contribution < -0.4 is 5.73 Å². The normalized spacial score (nSPS) is 10.1. The molecule has 0 aliphatic rings. The van der Waals surface area contributed by atoms with Crippen molar-refractivity contribution in [1.29, 1.82) is 0 Å². The lowest BCUT2D eigenvalue weighted by Gasteiger charge is -2.20. The van der Waals surface area contributed by atoms with Crippen molar-refractivity contribution >= 4 is 34.5 Å². The molecule has 1 amide bonds. The number of rotatable bonds is 5. The van der Waals surface area contributed by atoms with E-state index in [0.717, 1.165) is 11.4 Å². The number of aryl methyl sites for hydroxylation is 1. The molecule has 0 atom stereocenters. The van der Waals surface area contributed by atoms with Crippen LogP contribution in [0.25, 0.3) is 0 Å². The first-order chi connectivity index (χ1) is 7.54. The molecule has 16 heavy (non-hydrogen) atoms. The fourth-order valence-corrected chi connectivity index (χ4v) is 2.23. The lowest BCUT2D eigenvalue weighted by molar-refractivity contribution is 0.0784. The van der Waals surface area contributed by atoms with Crippen LogP contribution in [0.3, 0.4) is 0 Å². The highest BCUT2D eigenvalue weighted by atomic mass is 32.1. The second-order valence-electron chi connectivity index (χ2n) is 3.44. The highest BCUT2D eigenvalue weighted by molar-refractivity contribution is 7.80. The Hall–Kier alpha value is -1.01. The van der Waals surface area contributed by atoms with Gasteiger partial charge in [0.1, 0.15) is 4.88 Å². The van der Waals surface area contributed by atoms with Gasteiger partial charge in [0.15, 0.2) is 0 Å². The van der Waals surface area contributed by atoms with Gasteiger partial charge in [0, 0.05) is 6.54 Å². The summed E-state index contributed by atoms with van der Waals surface area (Å²) in [6.45, 7) is 4.88. The zero-order valence-corrected chi connectivity index (χ0v) is 11.0. The van der Waals surface area contributed by atoms with Crippen molar-refractivity contribution in [1.82, 2.24) is 9.88 Å². The second kappa shape index (κ2) is 5.91. The van der Waals surface area contributed by atoms with Gasteiger partial charge in [-0.3, -0.25) is 4.79 Å². The Bertz CT molecular complexity index is 389. The summed E-state index contributed by atoms with van der Waals surface area (Å²) in [5.41, 5.74) is 5.47. The summed E-state index contributed by atoms with van der Waals surface area (Å²) in [4.78, 5) is 18.8. The number of thiocarbonyl (C=S) groups is 1. The van der Waals surface area contributed by atoms with Crippen LogP contribution >= 0.6 is 23.6 Å². The van der Waals surface area contributed by atoms with Gasteiger partial charge in [0.25, 0.3) is 5.91 Å². The predicted octanol–water partition coefficient (Wildman–Crippen LogP) is 1.59. The molecule has 0 aromatic carbocycles. The summed E-state index contributed by atoms with van der Waals surface area (Å²) in [6.07, 6.45) is 2.48. The molecule has 0 fully saturated rings. The van der Waals surface area contributed by atoms with E-state index < -0.39 is 0 Å². The van der Waals surface area contributed by atoms with Gasteiger partial charge >= 0.3 is 0 Å². The first-order valence-electron chi connectivity index (χ1n) is 5.04. The first kappa shape index (κ1) is 13.1. The molecular formula is C10H15N3OS2. The molecule has 0 aliphatic heterocycles. The number of thiazole rings is 1. The second-order valence-corrected chi connectivity index (χ2v) is 5.20. The minimum atomic E-state index is -0.0414. The Balaban J connectivity index is 2.78. The fourth-order valence-electron chi connectivity index (χ4n) is 1.33. The third kappa shape index (κ3) is 3.53. The van der Waals surface area contributed by atoms with E-state index in [4.69, 9.17) is 18.0 Å². The van der Waals surface area contributed by atoms with Crippen LogP contribution in [0.5, 0.6) is 0 Å². The molecule has 6 heteroatoms. The molecule has 1 rings (SSSR count). The summed E-state index contributed by atoms with van der Waals surface area (Å²) >= 11 is 6.22. The Morgan fingerprint density at radius 1 is 1.69 bits per heavy atom. The van der Waals surface area contributed by atoms with Crippen LogP contribution in [0.2, 0.25) is 0 Å². The van der Waals surface area contributed by atoms with Gasteiger partial charge < -0.3 is 10.6 Å². The average Bonchev–Trinajstić information content (AvgIpc) is 2.62. The van der Waals surface area contributed by atoms with Crippen LogP contribution in [0, 0.1) is 6.92 Å². The molecule has 1 aromatic rings. The largest absolute Gasteiger partial charge is 0.392 e. The van der Waals surface area contributed by atoms with Gasteiger partial charge in [-0.15, -0.1) is 11.3 Å². The maximum absolute atomic E-state index is 12.1. The molecule has 0 aliphatic carbocycles. The molecule has 0 bridgehead atoms. The summed E-state index contributed by atoms with van der Waals surface area (Å²) in [6, 6.07) is 0. The van der Waals surface area contributed by atoms with Gasteiger partial charge in [-0.2, -0.15) is 0 Å². The van der Waals surface area contributed by atoms with Crippen molar-refractivity contribution in [2.75, 3.05) is 13.1 Å². The SMILES string of the molecule is CCCN(CC(N)=S)C(=O)c1cnc(C)s1. The molecule has 2 N–H and O–H groups in total. The summed E-state index contributed by atoms with van der Waals surface area (Å²) in [5.74, 6) is -0.0414. The van der Waals surface area contributed by atoms with E-state index in [-0.39, 0.29) is 5.91 Å². The fraction of sp³-hybridized carbons (Fsp3) is 0.500. The highest BCUT2D eigenvalue weighted by Crippen LogP contribution is 2.14. The predicted molar refractivity (Wildman–Crippen MR) is 69.8 cm³/mol. The van der Waals surface area contributed by atoms with Crippen LogP contribution in [-0.2, 0) is 0 Å². The van der Waals surface area contributed by atoms with E-state index in [9.17, 15) is 4.79 Å². The van der Waals surface area contributed by atoms with Crippen molar-refractivity contribution < 1.29 is 4.79 Å². The number of carbonyl (C=O) groups excluding carboxylic acids is 1. The van der Waals surface area contributed by atoms with E-state index in [1.807, 2.05) is 13.8 Å². The summed E-state index contributed by atoms with van der Waals surface area (Å²) in [5, 5.41) is 0.884. The molecule has 0 radical (unpaired) electrons. The van der Waals surface area contributed by atoms with Gasteiger partial charge in [-0.25, -0.2) is 4.98 Å². The first-order valence-corrected chi connectivity index (χ1v) is 6.27. The number of amides is 1. The molecule has 0 saturated heterocycles. The lowest BCUT2D eigenvalue weighted by atomic mass is 10.3. The molecule has 1 aromatic heterocycles. The molecule has 1 heterocycles. The van der Waals surface area contributed by atoms with E-state index in [1.54, 1.807) is 11.1 Å². The Labute approximate surface area is 104 Å². The number of carbonyl (C=O) groups is 1. The molecule has 0 unspecified atom stereocenters. The molecular weight excluding hydrogens is 242 g/mol. The van der Waals surface area contributed by atoms with Gasteiger partial charge in [0.05, 0.1) is 22.7 Å². The van der Waals surface area contributed by atoms with Crippen molar-refractivity contribution in [2.24, 2.45) is 5.73 Å². The smallest absolute Gasteiger partial charge is 0.265 e. The number of aromatic nitrogens is 1. The zero-order chi connectivity index (χ0) is 12.1. The summed E-state index contributed by atoms with van der Waals surface area (Å²) in [7, 11) is 0. The van der Waals surface area contributed by atoms with Gasteiger partial charge in [-0.05, 0) is 13.3 Å². The van der Waals surface area contributed by atoms with Gasteiger partial charge in [-0.1, -0.05) is 19.1 Å². The van der Waals surface area contributed by atoms with E-state index in [1.165, 1.54) is 11.3 Å². The minimum Gasteiger partial charge on any atom is -0.392 e. The number of nitrogens with two attached hydrogens (primary N) is 1. The molecule has 4 nitrogen and oxygen atoms in total. The maximum atomic E-state index is 12.1. The third-order valence-corrected chi connectivity index (χ3v) is 2.99. The monoisotopic (exact) mass is 257 g/mol. The van der Waals surface area contributed by atoms with E-state index in [2.05, 4.69) is 4.98 Å². The Kier molecular flexibility index (Phi) is 4.82. The molecule has 88 valence electrons. The van der Waals surface area contributed by atoms with Crippen molar-refractivity contribution in [3.63, 3.8) is 0 Å². The van der Waals surface area contributed by atoms with Crippen LogP contribution in [0.15, 0.2) is 6.20 Å². The van der Waals surface area contributed by atoms with E-state index in [0.29, 0.717) is 23.0 Å². The number of nitrogens with zero attached hydrogens (tertiary/aromatic N) is 2. The van der Waals surface area contributed by atoms with Crippen LogP contribution in [0.4, 0.5) is 0 Å². The Morgan fingerprint density at radius 2 is 2.38 bits per heavy atom. The minimum absolute atomic E-state index is 0.0414. The average molecular weight is 257 g/mol. The van der Waals surface area contributed by atoms with Crippen LogP contribution in [-0.4, -0.2) is 33.9 Å². The Morgan fingerprint density at radius 3 is 2.81 bits per heavy atom. The van der Waals surface area contributed by atoms with Crippen LogP contribution in [0.1, 0.15) is 28.0 Å². The van der Waals surface area contributed by atoms with Crippen molar-refractivity contribution in [2.45, 2.75) is 20.3 Å². The molecule has 0 spiro atoms. The topological polar surface area (TPSA) is 59.2 Å². The highest BCUT2D eigenvalue weighted by Gasteiger charge is 2.17. The quantitative estimate of drug-likeness (QED) is 0.814. The number of hydrogen-bond donors (Lipinski definition) is 1. The summed E-state index contributed by atoms with van der Waals surface area (Å²) < 4.78 is 0. The number of hydrogen-bond acceptors (Lipinski definition) is 4. The van der Waals surface area contributed by atoms with Crippen molar-refractivity contribution in [3.05, 3.63) is 16.1 Å². The van der Waals surface area contributed by atoms with Crippen molar-refractivity contribution in [3.8, 4) is 0 Å². The third-order valence-electron chi connectivity index (χ3n) is 1.96. The van der Waals surface area contributed by atoms with E-state index >= 15 is 0 Å². The maximum Gasteiger partial charge on any atom is 0.265 e. The lowest BCUT2D eigenvalue weighted by Crippen LogP contribution is -2.37. The standard InChI is InChI=1S/C10H15N3OS2/c1-3-4-13(6-9(11)15)10(14)8-5-12-7(2)16-8/h5H,3-4,6H2,1-2H3,(H2,11,15). The zero-order valence-electron chi connectivity index (χ0n) is 9.40. The van der Waals surface area contributed by atoms with Gasteiger partial charge in [0.2, 0.25) is 0 Å². The molecule has 0 saturated carbocycles.